The van der Waals surface area contributed by atoms with Crippen LogP contribution in [0.25, 0.3) is 0 Å². The first kappa shape index (κ1) is 21.1. The molecule has 0 bridgehead atoms. The summed E-state index contributed by atoms with van der Waals surface area (Å²) < 4.78 is 77.6. The smallest absolute Gasteiger partial charge is 0.341 e. The number of alkyl halides is 3. The molecule has 0 aliphatic rings. The lowest BCUT2D eigenvalue weighted by Crippen LogP contribution is -2.20. The molecule has 2 aromatic carbocycles. The fraction of sp³-hybridized carbons (Fsp3) is 0.143. The minimum atomic E-state index is -4.85. The van der Waals surface area contributed by atoms with E-state index in [1.54, 1.807) is 0 Å². The molecule has 26 heavy (non-hydrogen) atoms. The summed E-state index contributed by atoms with van der Waals surface area (Å²) in [5, 5.41) is -0.837. The van der Waals surface area contributed by atoms with Gasteiger partial charge in [0, 0.05) is 11.7 Å². The van der Waals surface area contributed by atoms with E-state index >= 15 is 0 Å². The lowest BCUT2D eigenvalue weighted by atomic mass is 10.2. The van der Waals surface area contributed by atoms with E-state index in [9.17, 15) is 31.0 Å². The van der Waals surface area contributed by atoms with Crippen molar-refractivity contribution in [1.29, 1.82) is 0 Å². The minimum absolute atomic E-state index is 0.0620. The summed E-state index contributed by atoms with van der Waals surface area (Å²) in [7, 11) is -8.40. The van der Waals surface area contributed by atoms with E-state index in [0.29, 0.717) is 6.07 Å². The van der Waals surface area contributed by atoms with Gasteiger partial charge in [-0.25, -0.2) is 8.42 Å². The van der Waals surface area contributed by atoms with E-state index in [1.165, 1.54) is 6.07 Å². The van der Waals surface area contributed by atoms with Gasteiger partial charge in [-0.3, -0.25) is 9.29 Å². The highest BCUT2D eigenvalue weighted by molar-refractivity contribution is 7.92. The van der Waals surface area contributed by atoms with Crippen molar-refractivity contribution in [2.45, 2.75) is 11.1 Å². The maximum atomic E-state index is 12.9. The summed E-state index contributed by atoms with van der Waals surface area (Å²) in [5.74, 6) is 0. The van der Waals surface area contributed by atoms with Crippen LogP contribution in [0.5, 0.6) is 0 Å². The number of hydrogen-bond acceptors (Lipinski definition) is 3. The second kappa shape index (κ2) is 7.05. The van der Waals surface area contributed by atoms with Gasteiger partial charge in [-0.15, -0.1) is 0 Å². The topological polar surface area (TPSA) is 83.5 Å². The molecule has 12 heteroatoms. The molecule has 1 unspecified atom stereocenters. The number of benzene rings is 2. The molecular formula is C14H11Cl2F3NO4PS. The van der Waals surface area contributed by atoms with Gasteiger partial charge in [-0.2, -0.15) is 13.2 Å². The number of anilines is 1. The van der Waals surface area contributed by atoms with Crippen LogP contribution in [0.4, 0.5) is 18.9 Å². The highest BCUT2D eigenvalue weighted by Crippen LogP contribution is 2.39. The Morgan fingerprint density at radius 3 is 2.27 bits per heavy atom. The Labute approximate surface area is 157 Å². The second-order valence-electron chi connectivity index (χ2n) is 5.29. The van der Waals surface area contributed by atoms with E-state index < -0.39 is 39.0 Å². The number of rotatable bonds is 4. The highest BCUT2D eigenvalue weighted by atomic mass is 35.5. The molecule has 0 aliphatic carbocycles. The van der Waals surface area contributed by atoms with Crippen LogP contribution < -0.4 is 10.0 Å². The maximum absolute atomic E-state index is 12.9. The van der Waals surface area contributed by atoms with Crippen molar-refractivity contribution >= 4 is 51.6 Å². The molecule has 0 aliphatic heterocycles. The molecule has 0 aromatic heterocycles. The van der Waals surface area contributed by atoms with E-state index in [1.807, 2.05) is 4.72 Å². The van der Waals surface area contributed by atoms with Crippen molar-refractivity contribution in [3.63, 3.8) is 0 Å². The summed E-state index contributed by atoms with van der Waals surface area (Å²) in [5.41, 5.74) is -1.63. The fourth-order valence-electron chi connectivity index (χ4n) is 2.04. The van der Waals surface area contributed by atoms with Crippen molar-refractivity contribution in [3.05, 3.63) is 52.0 Å². The normalized spacial score (nSPS) is 14.7. The van der Waals surface area contributed by atoms with Crippen molar-refractivity contribution in [1.82, 2.24) is 0 Å². The molecule has 0 amide bonds. The van der Waals surface area contributed by atoms with Crippen molar-refractivity contribution in [3.8, 4) is 0 Å². The van der Waals surface area contributed by atoms with Gasteiger partial charge in [0.15, 0.2) is 0 Å². The SMILES string of the molecule is CP(=O)(O)c1ccc(Cl)cc1NS(=O)(=O)c1ccc(Cl)c(C(F)(F)F)c1. The van der Waals surface area contributed by atoms with Crippen LogP contribution in [0, 0.1) is 0 Å². The first-order valence-electron chi connectivity index (χ1n) is 6.72. The second-order valence-corrected chi connectivity index (χ2v) is 10.1. The van der Waals surface area contributed by atoms with E-state index in [-0.39, 0.29) is 16.0 Å². The van der Waals surface area contributed by atoms with E-state index in [4.69, 9.17) is 23.2 Å². The predicted molar refractivity (Wildman–Crippen MR) is 94.1 cm³/mol. The quantitative estimate of drug-likeness (QED) is 0.682. The Bertz CT molecular complexity index is 1010. The predicted octanol–water partition coefficient (Wildman–Crippen LogP) is 4.34. The zero-order valence-corrected chi connectivity index (χ0v) is 16.1. The summed E-state index contributed by atoms with van der Waals surface area (Å²) >= 11 is 11.2. The van der Waals surface area contributed by atoms with Crippen molar-refractivity contribution in [2.75, 3.05) is 11.4 Å². The van der Waals surface area contributed by atoms with Gasteiger partial charge in [0.1, 0.15) is 0 Å². The van der Waals surface area contributed by atoms with Gasteiger partial charge in [0.2, 0.25) is 7.37 Å². The van der Waals surface area contributed by atoms with Crippen LogP contribution in [0.2, 0.25) is 10.0 Å². The van der Waals surface area contributed by atoms with Crippen LogP contribution in [-0.4, -0.2) is 20.0 Å². The monoisotopic (exact) mass is 447 g/mol. The first-order chi connectivity index (χ1) is 11.7. The molecule has 0 saturated heterocycles. The first-order valence-corrected chi connectivity index (χ1v) is 11.1. The molecule has 2 N–H and O–H groups in total. The standard InChI is InChI=1S/C14H11Cl2F3NO4PS/c1-25(21,22)13-5-2-8(15)6-12(13)20-26(23,24)9-3-4-11(16)10(7-9)14(17,18)19/h2-7,20H,1H3,(H,21,22). The molecule has 1 atom stereocenters. The molecule has 5 nitrogen and oxygen atoms in total. The highest BCUT2D eigenvalue weighted by Gasteiger charge is 2.34. The Morgan fingerprint density at radius 2 is 1.73 bits per heavy atom. The lowest BCUT2D eigenvalue weighted by Gasteiger charge is -2.16. The summed E-state index contributed by atoms with van der Waals surface area (Å²) in [6.07, 6.45) is -4.85. The number of halogens is 5. The molecule has 0 heterocycles. The average molecular weight is 448 g/mol. The van der Waals surface area contributed by atoms with Crippen LogP contribution in [0.15, 0.2) is 41.3 Å². The summed E-state index contributed by atoms with van der Waals surface area (Å²) in [6.45, 7) is 0.984. The van der Waals surface area contributed by atoms with E-state index in [2.05, 4.69) is 0 Å². The largest absolute Gasteiger partial charge is 0.417 e. The van der Waals surface area contributed by atoms with Gasteiger partial charge in [0.25, 0.3) is 10.0 Å². The van der Waals surface area contributed by atoms with Gasteiger partial charge in [-0.05, 0) is 36.4 Å². The maximum Gasteiger partial charge on any atom is 0.417 e. The van der Waals surface area contributed by atoms with Crippen LogP contribution >= 0.6 is 30.6 Å². The Kier molecular flexibility index (Phi) is 5.71. The molecule has 142 valence electrons. The van der Waals surface area contributed by atoms with Crippen LogP contribution in [0.3, 0.4) is 0 Å². The third-order valence-electron chi connectivity index (χ3n) is 3.20. The Morgan fingerprint density at radius 1 is 1.12 bits per heavy atom. The van der Waals surface area contributed by atoms with Crippen molar-refractivity contribution < 1.29 is 31.0 Å². The molecule has 0 saturated carbocycles. The lowest BCUT2D eigenvalue weighted by molar-refractivity contribution is -0.137. The molecule has 2 rings (SSSR count). The Hall–Kier alpha value is -1.25. The van der Waals surface area contributed by atoms with Crippen LogP contribution in [0.1, 0.15) is 5.56 Å². The van der Waals surface area contributed by atoms with Crippen LogP contribution in [-0.2, 0) is 20.8 Å². The molecule has 0 fully saturated rings. The van der Waals surface area contributed by atoms with Gasteiger partial charge < -0.3 is 4.89 Å². The average Bonchev–Trinajstić information content (AvgIpc) is 2.44. The summed E-state index contributed by atoms with van der Waals surface area (Å²) in [6, 6.07) is 5.58. The number of nitrogens with one attached hydrogen (secondary N) is 1. The summed E-state index contributed by atoms with van der Waals surface area (Å²) in [4.78, 5) is 9.01. The Balaban J connectivity index is 2.55. The van der Waals surface area contributed by atoms with Gasteiger partial charge >= 0.3 is 6.18 Å². The number of sulfonamides is 1. The number of hydrogen-bond donors (Lipinski definition) is 2. The minimum Gasteiger partial charge on any atom is -0.341 e. The molecular weight excluding hydrogens is 437 g/mol. The molecule has 0 spiro atoms. The fourth-order valence-corrected chi connectivity index (χ4v) is 4.53. The van der Waals surface area contributed by atoms with Gasteiger partial charge in [-0.1, -0.05) is 23.2 Å². The third-order valence-corrected chi connectivity index (χ3v) is 6.42. The van der Waals surface area contributed by atoms with Gasteiger partial charge in [0.05, 0.1) is 26.5 Å². The van der Waals surface area contributed by atoms with Crippen molar-refractivity contribution in [2.24, 2.45) is 0 Å². The van der Waals surface area contributed by atoms with E-state index in [0.717, 1.165) is 30.9 Å². The zero-order chi connectivity index (χ0) is 19.9. The molecule has 0 radical (unpaired) electrons. The third kappa shape index (κ3) is 4.72. The molecule has 2 aromatic rings. The zero-order valence-electron chi connectivity index (χ0n) is 12.9.